The van der Waals surface area contributed by atoms with E-state index in [1.54, 1.807) is 0 Å². The second kappa shape index (κ2) is 6.79. The summed E-state index contributed by atoms with van der Waals surface area (Å²) in [6, 6.07) is 16.6. The zero-order valence-electron chi connectivity index (χ0n) is 21.7. The van der Waals surface area contributed by atoms with E-state index in [1.165, 1.54) is 59.9 Å². The second-order valence-electron chi connectivity index (χ2n) is 12.4. The molecule has 0 unspecified atom stereocenters. The first-order chi connectivity index (χ1) is 15.9. The molecule has 0 bridgehead atoms. The van der Waals surface area contributed by atoms with Gasteiger partial charge in [0.05, 0.1) is 37.1 Å². The highest BCUT2D eigenvalue weighted by molar-refractivity contribution is 6.89. The van der Waals surface area contributed by atoms with Crippen LogP contribution in [0.25, 0.3) is 49.1 Å². The van der Waals surface area contributed by atoms with Crippen molar-refractivity contribution in [1.82, 2.24) is 9.38 Å². The Morgan fingerprint density at radius 2 is 1.68 bits per heavy atom. The van der Waals surface area contributed by atoms with E-state index in [4.69, 9.17) is 4.98 Å². The molecule has 3 aromatic carbocycles. The average molecular weight is 465 g/mol. The van der Waals surface area contributed by atoms with E-state index in [9.17, 15) is 0 Å². The fourth-order valence-corrected chi connectivity index (χ4v) is 6.92. The normalized spacial score (nSPS) is 13.4. The molecule has 0 radical (unpaired) electrons. The number of fused-ring (bicyclic) bond motifs is 5. The van der Waals surface area contributed by atoms with Gasteiger partial charge < -0.3 is 4.40 Å². The highest BCUT2D eigenvalue weighted by Gasteiger charge is 2.27. The van der Waals surface area contributed by atoms with Crippen LogP contribution in [0.5, 0.6) is 0 Å². The van der Waals surface area contributed by atoms with Crippen LogP contribution >= 0.6 is 0 Å². The summed E-state index contributed by atoms with van der Waals surface area (Å²) in [5.41, 5.74) is 9.30. The van der Waals surface area contributed by atoms with Gasteiger partial charge in [0.25, 0.3) is 6.33 Å². The van der Waals surface area contributed by atoms with Crippen molar-refractivity contribution >= 4 is 62.4 Å². The first-order valence-corrected chi connectivity index (χ1v) is 15.8. The summed E-state index contributed by atoms with van der Waals surface area (Å²) in [5.74, 6) is 0. The van der Waals surface area contributed by atoms with Gasteiger partial charge in [0.2, 0.25) is 0 Å². The lowest BCUT2D eigenvalue weighted by Gasteiger charge is -2.19. The summed E-state index contributed by atoms with van der Waals surface area (Å²) >= 11 is 0. The van der Waals surface area contributed by atoms with Gasteiger partial charge in [-0.15, -0.1) is 0 Å². The van der Waals surface area contributed by atoms with Crippen molar-refractivity contribution < 1.29 is 4.57 Å². The van der Waals surface area contributed by atoms with Crippen molar-refractivity contribution in [3.63, 3.8) is 0 Å². The van der Waals surface area contributed by atoms with Crippen molar-refractivity contribution in [3.05, 3.63) is 59.9 Å². The zero-order valence-corrected chi connectivity index (χ0v) is 22.7. The molecule has 0 amide bonds. The van der Waals surface area contributed by atoms with E-state index in [1.807, 2.05) is 6.33 Å². The monoisotopic (exact) mass is 464 g/mol. The predicted octanol–water partition coefficient (Wildman–Crippen LogP) is 6.65. The summed E-state index contributed by atoms with van der Waals surface area (Å²) in [6.07, 6.45) is 3.07. The maximum absolute atomic E-state index is 4.92. The van der Waals surface area contributed by atoms with Crippen LogP contribution in [0.1, 0.15) is 31.9 Å². The summed E-state index contributed by atoms with van der Waals surface area (Å²) in [7, 11) is 0.601. The Hall–Kier alpha value is -2.98. The lowest BCUT2D eigenvalue weighted by molar-refractivity contribution is -0.646. The first kappa shape index (κ1) is 21.5. The van der Waals surface area contributed by atoms with Gasteiger partial charge in [0.15, 0.2) is 5.52 Å². The molecule has 6 aromatic rings. The fraction of sp³-hybridized carbons (Fsp3) is 0.333. The quantitative estimate of drug-likeness (QED) is 0.122. The van der Waals surface area contributed by atoms with Crippen LogP contribution < -0.4 is 9.75 Å². The summed E-state index contributed by atoms with van der Waals surface area (Å²) < 4.78 is 4.75. The molecule has 0 atom stereocenters. The SMILES string of the molecule is Cc1ccc2c3cc(CC(C)(C)C)ccc3n3c4cc([Si](C)(C)C)cc5nc[n+](C)c(c1c23)c54. The van der Waals surface area contributed by atoms with Crippen LogP contribution in [-0.2, 0) is 13.5 Å². The fourth-order valence-electron chi connectivity index (χ4n) is 5.78. The number of aryl methyl sites for hydroxylation is 2. The largest absolute Gasteiger partial charge is 0.308 e. The highest BCUT2D eigenvalue weighted by Crippen LogP contribution is 2.40. The van der Waals surface area contributed by atoms with E-state index in [0.29, 0.717) is 0 Å². The molecular formula is C30H34N3Si+. The third-order valence-electron chi connectivity index (χ3n) is 7.34. The Morgan fingerprint density at radius 1 is 0.912 bits per heavy atom. The molecule has 34 heavy (non-hydrogen) atoms. The Balaban J connectivity index is 1.91. The molecule has 4 heteroatoms. The van der Waals surface area contributed by atoms with Crippen LogP contribution in [0.2, 0.25) is 19.6 Å². The molecule has 6 rings (SSSR count). The Bertz CT molecular complexity index is 1760. The maximum Gasteiger partial charge on any atom is 0.287 e. The summed E-state index contributed by atoms with van der Waals surface area (Å²) in [4.78, 5) is 4.92. The van der Waals surface area contributed by atoms with E-state index in [-0.39, 0.29) is 5.41 Å². The van der Waals surface area contributed by atoms with Crippen molar-refractivity contribution in [2.45, 2.75) is 53.8 Å². The molecule has 0 aliphatic heterocycles. The van der Waals surface area contributed by atoms with E-state index >= 15 is 0 Å². The van der Waals surface area contributed by atoms with Gasteiger partial charge in [-0.25, -0.2) is 4.57 Å². The first-order valence-electron chi connectivity index (χ1n) is 12.3. The van der Waals surface area contributed by atoms with E-state index < -0.39 is 8.07 Å². The van der Waals surface area contributed by atoms with Gasteiger partial charge in [-0.3, -0.25) is 0 Å². The van der Waals surface area contributed by atoms with Crippen molar-refractivity contribution in [2.75, 3.05) is 0 Å². The molecule has 0 saturated heterocycles. The average Bonchev–Trinajstić information content (AvgIpc) is 3.06. The number of aromatic nitrogens is 3. The minimum atomic E-state index is -1.53. The minimum absolute atomic E-state index is 0.259. The molecule has 0 fully saturated rings. The van der Waals surface area contributed by atoms with Gasteiger partial charge in [-0.05, 0) is 59.1 Å². The molecular weight excluding hydrogens is 430 g/mol. The summed E-state index contributed by atoms with van der Waals surface area (Å²) in [5, 5.41) is 6.77. The van der Waals surface area contributed by atoms with Crippen LogP contribution in [-0.4, -0.2) is 17.5 Å². The standard InChI is InChI=1S/C30H34N3Si/c1-18-9-11-21-22-13-19(16-30(2,3)4)10-12-24(22)33-25-15-20(34(6,7)8)14-23-27(25)29(26(18)28(21)33)32(5)17-31-23/h9-15,17H,16H2,1-8H3/q+1. The molecule has 0 aliphatic carbocycles. The van der Waals surface area contributed by atoms with Crippen LogP contribution in [0, 0.1) is 12.3 Å². The lowest BCUT2D eigenvalue weighted by Crippen LogP contribution is -2.38. The number of benzene rings is 3. The molecule has 3 aromatic heterocycles. The van der Waals surface area contributed by atoms with Gasteiger partial charge >= 0.3 is 0 Å². The maximum atomic E-state index is 4.92. The topological polar surface area (TPSA) is 21.2 Å². The molecule has 0 aliphatic rings. The Morgan fingerprint density at radius 3 is 2.38 bits per heavy atom. The van der Waals surface area contributed by atoms with Gasteiger partial charge in [0.1, 0.15) is 5.52 Å². The van der Waals surface area contributed by atoms with Crippen molar-refractivity contribution in [3.8, 4) is 0 Å². The zero-order chi connectivity index (χ0) is 24.2. The van der Waals surface area contributed by atoms with E-state index in [0.717, 1.165) is 11.9 Å². The minimum Gasteiger partial charge on any atom is -0.308 e. The number of rotatable bonds is 2. The lowest BCUT2D eigenvalue weighted by atomic mass is 9.88. The summed E-state index contributed by atoms with van der Waals surface area (Å²) in [6.45, 7) is 16.5. The van der Waals surface area contributed by atoms with Gasteiger partial charge in [-0.2, -0.15) is 0 Å². The third-order valence-corrected chi connectivity index (χ3v) is 9.36. The van der Waals surface area contributed by atoms with Gasteiger partial charge in [0, 0.05) is 16.2 Å². The van der Waals surface area contributed by atoms with E-state index in [2.05, 4.69) is 106 Å². The number of hydrogen-bond acceptors (Lipinski definition) is 1. The Kier molecular flexibility index (Phi) is 4.30. The molecule has 172 valence electrons. The highest BCUT2D eigenvalue weighted by atomic mass is 28.3. The predicted molar refractivity (Wildman–Crippen MR) is 148 cm³/mol. The smallest absolute Gasteiger partial charge is 0.287 e. The Labute approximate surface area is 202 Å². The van der Waals surface area contributed by atoms with Gasteiger partial charge in [-0.1, -0.05) is 63.8 Å². The second-order valence-corrected chi connectivity index (χ2v) is 17.5. The third kappa shape index (κ3) is 3.01. The number of nitrogens with zero attached hydrogens (tertiary/aromatic N) is 3. The molecule has 3 nitrogen and oxygen atoms in total. The van der Waals surface area contributed by atoms with Crippen molar-refractivity contribution in [1.29, 1.82) is 0 Å². The van der Waals surface area contributed by atoms with Crippen molar-refractivity contribution in [2.24, 2.45) is 12.5 Å². The van der Waals surface area contributed by atoms with Crippen LogP contribution in [0.3, 0.4) is 0 Å². The molecule has 0 saturated carbocycles. The molecule has 3 heterocycles. The van der Waals surface area contributed by atoms with Crippen LogP contribution in [0.4, 0.5) is 0 Å². The number of pyridine rings is 1. The molecule has 0 spiro atoms. The van der Waals surface area contributed by atoms with Crippen LogP contribution in [0.15, 0.2) is 48.8 Å². The number of hydrogen-bond donors (Lipinski definition) is 0. The molecule has 0 N–H and O–H groups in total.